The highest BCUT2D eigenvalue weighted by Gasteiger charge is 2.55. The van der Waals surface area contributed by atoms with Crippen LogP contribution in [0.15, 0.2) is 18.2 Å². The Kier molecular flexibility index (Phi) is 6.34. The van der Waals surface area contributed by atoms with Crippen LogP contribution in [0.2, 0.25) is 23.2 Å². The number of hydrogen-bond acceptors (Lipinski definition) is 2. The lowest BCUT2D eigenvalue weighted by molar-refractivity contribution is -0.0110. The van der Waals surface area contributed by atoms with Crippen molar-refractivity contribution in [2.75, 3.05) is 0 Å². The van der Waals surface area contributed by atoms with Crippen LogP contribution < -0.4 is 4.43 Å². The van der Waals surface area contributed by atoms with Crippen molar-refractivity contribution >= 4 is 18.1 Å². The molecule has 0 saturated heterocycles. The minimum atomic E-state index is -1.79. The molecular weight excluding hydrogens is 424 g/mol. The second-order valence-corrected chi connectivity index (χ2v) is 21.6. The molecule has 3 unspecified atom stereocenters. The molecule has 5 atom stereocenters. The quantitative estimate of drug-likeness (QED) is 0.420. The van der Waals surface area contributed by atoms with Crippen molar-refractivity contribution < 1.29 is 8.85 Å². The second kappa shape index (κ2) is 8.27. The smallest absolute Gasteiger partial charge is 0.250 e. The molecular formula is C28H48O2Si2. The highest BCUT2D eigenvalue weighted by Crippen LogP contribution is 2.61. The van der Waals surface area contributed by atoms with E-state index < -0.39 is 18.1 Å². The average molecular weight is 473 g/mol. The lowest BCUT2D eigenvalue weighted by atomic mass is 9.55. The molecule has 0 radical (unpaired) electrons. The molecule has 4 rings (SSSR count). The van der Waals surface area contributed by atoms with Gasteiger partial charge in [0.2, 0.25) is 8.32 Å². The molecule has 1 aromatic rings. The molecule has 0 aliphatic heterocycles. The van der Waals surface area contributed by atoms with Gasteiger partial charge < -0.3 is 8.85 Å². The van der Waals surface area contributed by atoms with E-state index in [0.29, 0.717) is 16.6 Å². The third-order valence-electron chi connectivity index (χ3n) is 9.51. The fraction of sp³-hybridized carbons (Fsp3) is 0.786. The molecule has 2 fully saturated rings. The minimum absolute atomic E-state index is 0.235. The topological polar surface area (TPSA) is 18.5 Å². The van der Waals surface area contributed by atoms with Crippen LogP contribution in [-0.4, -0.2) is 24.2 Å². The maximum atomic E-state index is 6.70. The van der Waals surface area contributed by atoms with Crippen LogP contribution in [0.4, 0.5) is 0 Å². The second-order valence-electron chi connectivity index (χ2n) is 14.1. The molecule has 0 aromatic heterocycles. The summed E-state index contributed by atoms with van der Waals surface area (Å²) >= 11 is 0. The van der Waals surface area contributed by atoms with E-state index in [0.717, 1.165) is 23.5 Å². The summed E-state index contributed by atoms with van der Waals surface area (Å²) in [6.45, 7) is 21.3. The van der Waals surface area contributed by atoms with Gasteiger partial charge in [0, 0.05) is 6.10 Å². The highest BCUT2D eigenvalue weighted by atomic mass is 28.4. The predicted octanol–water partition coefficient (Wildman–Crippen LogP) is 7.61. The Morgan fingerprint density at radius 1 is 1.00 bits per heavy atom. The SMILES string of the molecule is CC(C)(C)[SiH2]O[C@H]1CCC2C3CCc4cc(O[Si](C)(C)C(C)(C)C)ccc4C3CC[C@@]21C. The van der Waals surface area contributed by atoms with Crippen molar-refractivity contribution in [2.24, 2.45) is 17.3 Å². The Hall–Kier alpha value is -0.586. The summed E-state index contributed by atoms with van der Waals surface area (Å²) in [5, 5.41) is 0.623. The van der Waals surface area contributed by atoms with Gasteiger partial charge in [0.15, 0.2) is 9.76 Å². The summed E-state index contributed by atoms with van der Waals surface area (Å²) in [6.07, 6.45) is 8.43. The summed E-state index contributed by atoms with van der Waals surface area (Å²) in [5.74, 6) is 3.54. The van der Waals surface area contributed by atoms with Crippen LogP contribution in [0.25, 0.3) is 0 Å². The van der Waals surface area contributed by atoms with E-state index >= 15 is 0 Å². The summed E-state index contributed by atoms with van der Waals surface area (Å²) < 4.78 is 13.4. The van der Waals surface area contributed by atoms with Gasteiger partial charge in [-0.25, -0.2) is 0 Å². The number of hydrogen-bond donors (Lipinski definition) is 0. The fourth-order valence-corrected chi connectivity index (χ4v) is 8.92. The zero-order valence-electron chi connectivity index (χ0n) is 22.3. The van der Waals surface area contributed by atoms with Gasteiger partial charge >= 0.3 is 0 Å². The van der Waals surface area contributed by atoms with E-state index in [-0.39, 0.29) is 5.04 Å². The van der Waals surface area contributed by atoms with Gasteiger partial charge in [0.05, 0.1) is 0 Å². The standard InChI is InChI=1S/C28H48O2Si2/c1-26(2,3)31-29-25-15-14-24-23-12-10-19-18-20(30-32(8,9)27(4,5)6)11-13-21(19)22(23)16-17-28(24,25)7/h11,13,18,22-25H,10,12,14-17,31H2,1-9H3/t22?,23?,24?,25-,28-/m0/s1. The first kappa shape index (κ1) is 24.5. The highest BCUT2D eigenvalue weighted by molar-refractivity contribution is 6.74. The molecule has 0 N–H and O–H groups in total. The molecule has 2 nitrogen and oxygen atoms in total. The van der Waals surface area contributed by atoms with E-state index in [1.807, 2.05) is 0 Å². The molecule has 0 amide bonds. The van der Waals surface area contributed by atoms with Crippen molar-refractivity contribution in [2.45, 2.75) is 122 Å². The molecule has 1 aromatic carbocycles. The summed E-state index contributed by atoms with van der Waals surface area (Å²) in [7, 11) is -2.27. The van der Waals surface area contributed by atoms with Crippen LogP contribution >= 0.6 is 0 Å². The Morgan fingerprint density at radius 3 is 2.38 bits per heavy atom. The van der Waals surface area contributed by atoms with Crippen molar-refractivity contribution in [1.29, 1.82) is 0 Å². The van der Waals surface area contributed by atoms with Crippen LogP contribution in [0.3, 0.4) is 0 Å². The van der Waals surface area contributed by atoms with Gasteiger partial charge in [0.1, 0.15) is 5.75 Å². The lowest BCUT2D eigenvalue weighted by Gasteiger charge is -2.51. The van der Waals surface area contributed by atoms with E-state index in [9.17, 15) is 0 Å². The number of aryl methyl sites for hydroxylation is 1. The van der Waals surface area contributed by atoms with Crippen molar-refractivity contribution in [3.8, 4) is 5.75 Å². The summed E-state index contributed by atoms with van der Waals surface area (Å²) in [5.41, 5.74) is 3.61. The van der Waals surface area contributed by atoms with Crippen LogP contribution in [0.5, 0.6) is 5.75 Å². The average Bonchev–Trinajstić information content (AvgIpc) is 3.00. The molecule has 4 heteroatoms. The molecule has 0 spiro atoms. The third kappa shape index (κ3) is 4.53. The zero-order chi connectivity index (χ0) is 23.5. The summed E-state index contributed by atoms with van der Waals surface area (Å²) in [6, 6.07) is 7.12. The van der Waals surface area contributed by atoms with Gasteiger partial charge in [-0.1, -0.05) is 54.5 Å². The first-order chi connectivity index (χ1) is 14.7. The molecule has 2 saturated carbocycles. The first-order valence-corrected chi connectivity index (χ1v) is 17.3. The van der Waals surface area contributed by atoms with Gasteiger partial charge in [-0.15, -0.1) is 0 Å². The van der Waals surface area contributed by atoms with Gasteiger partial charge in [-0.3, -0.25) is 0 Å². The lowest BCUT2D eigenvalue weighted by Crippen LogP contribution is -2.45. The van der Waals surface area contributed by atoms with Crippen molar-refractivity contribution in [3.05, 3.63) is 29.3 Å². The molecule has 3 aliphatic carbocycles. The molecule has 0 heterocycles. The maximum Gasteiger partial charge on any atom is 0.250 e. The summed E-state index contributed by atoms with van der Waals surface area (Å²) in [4.78, 5) is 0. The Labute approximate surface area is 201 Å². The molecule has 3 aliphatic rings. The largest absolute Gasteiger partial charge is 0.543 e. The van der Waals surface area contributed by atoms with E-state index in [4.69, 9.17) is 8.85 Å². The normalized spacial score (nSPS) is 33.2. The minimum Gasteiger partial charge on any atom is -0.543 e. The van der Waals surface area contributed by atoms with E-state index in [1.165, 1.54) is 38.5 Å². The van der Waals surface area contributed by atoms with Crippen molar-refractivity contribution in [1.82, 2.24) is 0 Å². The van der Waals surface area contributed by atoms with Gasteiger partial charge in [-0.05, 0) is 108 Å². The third-order valence-corrected chi connectivity index (χ3v) is 15.3. The number of rotatable bonds is 4. The van der Waals surface area contributed by atoms with Gasteiger partial charge in [0.25, 0.3) is 0 Å². The van der Waals surface area contributed by atoms with Crippen LogP contribution in [0, 0.1) is 17.3 Å². The fourth-order valence-electron chi connectivity index (χ4n) is 6.65. The maximum absolute atomic E-state index is 6.70. The Balaban J connectivity index is 1.50. The monoisotopic (exact) mass is 472 g/mol. The van der Waals surface area contributed by atoms with E-state index in [2.05, 4.69) is 79.8 Å². The predicted molar refractivity (Wildman–Crippen MR) is 142 cm³/mol. The van der Waals surface area contributed by atoms with Crippen molar-refractivity contribution in [3.63, 3.8) is 0 Å². The van der Waals surface area contributed by atoms with Gasteiger partial charge in [-0.2, -0.15) is 0 Å². The molecule has 32 heavy (non-hydrogen) atoms. The number of fused-ring (bicyclic) bond motifs is 5. The van der Waals surface area contributed by atoms with Crippen LogP contribution in [0.1, 0.15) is 97.6 Å². The molecule has 180 valence electrons. The van der Waals surface area contributed by atoms with Crippen LogP contribution in [-0.2, 0) is 10.8 Å². The Morgan fingerprint density at radius 2 is 1.72 bits per heavy atom. The number of benzene rings is 1. The first-order valence-electron chi connectivity index (χ1n) is 13.1. The van der Waals surface area contributed by atoms with E-state index in [1.54, 1.807) is 11.1 Å². The zero-order valence-corrected chi connectivity index (χ0v) is 24.7. The Bertz CT molecular complexity index is 835. The molecule has 0 bridgehead atoms.